The van der Waals surface area contributed by atoms with E-state index in [9.17, 15) is 9.59 Å². The topological polar surface area (TPSA) is 58.1 Å². The van der Waals surface area contributed by atoms with E-state index in [-0.39, 0.29) is 11.1 Å². The molecule has 0 spiro atoms. The van der Waals surface area contributed by atoms with Crippen LogP contribution in [0.1, 0.15) is 24.0 Å². The molecule has 140 valence electrons. The molecule has 1 aromatic carbocycles. The highest BCUT2D eigenvalue weighted by Gasteiger charge is 2.20. The van der Waals surface area contributed by atoms with Crippen molar-refractivity contribution in [3.8, 4) is 0 Å². The summed E-state index contributed by atoms with van der Waals surface area (Å²) in [5, 5.41) is 1.11. The first-order chi connectivity index (χ1) is 13.1. The van der Waals surface area contributed by atoms with Crippen molar-refractivity contribution in [2.75, 3.05) is 13.1 Å². The number of pyridine rings is 2. The van der Waals surface area contributed by atoms with Crippen LogP contribution in [0, 0.1) is 5.92 Å². The second-order valence-corrected chi connectivity index (χ2v) is 7.58. The number of nitrogens with zero attached hydrogens (tertiary/aromatic N) is 2. The van der Waals surface area contributed by atoms with Crippen molar-refractivity contribution in [3.05, 3.63) is 80.5 Å². The minimum atomic E-state index is -0.0504. The van der Waals surface area contributed by atoms with Gasteiger partial charge in [-0.3, -0.25) is 14.5 Å². The quantitative estimate of drug-likeness (QED) is 0.775. The molecule has 27 heavy (non-hydrogen) atoms. The van der Waals surface area contributed by atoms with E-state index in [2.05, 4.69) is 16.0 Å². The monoisotopic (exact) mass is 363 g/mol. The minimum absolute atomic E-state index is 0.0504. The Morgan fingerprint density at radius 2 is 1.85 bits per heavy atom. The van der Waals surface area contributed by atoms with Gasteiger partial charge in [-0.15, -0.1) is 0 Å². The van der Waals surface area contributed by atoms with E-state index in [1.807, 2.05) is 43.6 Å². The van der Waals surface area contributed by atoms with Crippen molar-refractivity contribution >= 4 is 10.9 Å². The van der Waals surface area contributed by atoms with Crippen molar-refractivity contribution < 1.29 is 0 Å². The van der Waals surface area contributed by atoms with Crippen LogP contribution in [-0.2, 0) is 20.0 Å². The molecule has 0 atom stereocenters. The number of aromatic amines is 1. The molecule has 1 aliphatic rings. The molecule has 0 aliphatic carbocycles. The van der Waals surface area contributed by atoms with E-state index in [1.165, 1.54) is 5.56 Å². The molecule has 1 N–H and O–H groups in total. The fraction of sp³-hybridized carbons (Fsp3) is 0.364. The van der Waals surface area contributed by atoms with Crippen LogP contribution in [0.4, 0.5) is 0 Å². The molecule has 5 nitrogen and oxygen atoms in total. The highest BCUT2D eigenvalue weighted by atomic mass is 16.1. The molecule has 2 aromatic heterocycles. The SMILES string of the molecule is Cn1c(=O)c(CN2CCC(Cc3ccc(=O)[nH]c3)CC2)cc2ccccc21. The molecular formula is C22H25N3O2. The molecule has 1 saturated heterocycles. The van der Waals surface area contributed by atoms with Gasteiger partial charge in [0.2, 0.25) is 5.56 Å². The third-order valence-electron chi connectivity index (χ3n) is 5.68. The van der Waals surface area contributed by atoms with Crippen LogP contribution < -0.4 is 11.1 Å². The zero-order valence-electron chi connectivity index (χ0n) is 15.6. The van der Waals surface area contributed by atoms with Gasteiger partial charge >= 0.3 is 0 Å². The Morgan fingerprint density at radius 3 is 2.59 bits per heavy atom. The summed E-state index contributed by atoms with van der Waals surface area (Å²) in [6, 6.07) is 13.6. The maximum atomic E-state index is 12.7. The molecule has 4 rings (SSSR count). The summed E-state index contributed by atoms with van der Waals surface area (Å²) in [6.07, 6.45) is 5.07. The van der Waals surface area contributed by atoms with Crippen LogP contribution in [0.25, 0.3) is 10.9 Å². The first-order valence-corrected chi connectivity index (χ1v) is 9.58. The van der Waals surface area contributed by atoms with Crippen molar-refractivity contribution in [2.24, 2.45) is 13.0 Å². The van der Waals surface area contributed by atoms with Gasteiger partial charge in [0.15, 0.2) is 0 Å². The molecule has 0 bridgehead atoms. The van der Waals surface area contributed by atoms with Crippen molar-refractivity contribution in [1.82, 2.24) is 14.5 Å². The van der Waals surface area contributed by atoms with Crippen LogP contribution in [0.15, 0.2) is 58.3 Å². The fourth-order valence-corrected chi connectivity index (χ4v) is 4.10. The standard InChI is InChI=1S/C22H25N3O2/c1-24-20-5-3-2-4-18(20)13-19(22(24)27)15-25-10-8-16(9-11-25)12-17-6-7-21(26)23-14-17/h2-7,13-14,16H,8-12,15H2,1H3,(H,23,26). The second kappa shape index (κ2) is 7.53. The average molecular weight is 363 g/mol. The third-order valence-corrected chi connectivity index (χ3v) is 5.68. The van der Waals surface area contributed by atoms with Crippen LogP contribution in [0.2, 0.25) is 0 Å². The van der Waals surface area contributed by atoms with Crippen molar-refractivity contribution in [3.63, 3.8) is 0 Å². The predicted molar refractivity (Wildman–Crippen MR) is 108 cm³/mol. The normalized spacial score (nSPS) is 16.0. The van der Waals surface area contributed by atoms with E-state index in [0.29, 0.717) is 12.5 Å². The molecule has 1 aliphatic heterocycles. The van der Waals surface area contributed by atoms with Gasteiger partial charge in [0, 0.05) is 31.4 Å². The molecule has 0 radical (unpaired) electrons. The van der Waals surface area contributed by atoms with Crippen molar-refractivity contribution in [1.29, 1.82) is 0 Å². The highest BCUT2D eigenvalue weighted by molar-refractivity contribution is 5.79. The Morgan fingerprint density at radius 1 is 1.07 bits per heavy atom. The number of H-pyrrole nitrogens is 1. The third kappa shape index (κ3) is 3.88. The number of benzene rings is 1. The summed E-state index contributed by atoms with van der Waals surface area (Å²) in [5.74, 6) is 0.631. The number of piperidine rings is 1. The Bertz CT molecular complexity index is 1040. The number of nitrogens with one attached hydrogen (secondary N) is 1. The highest BCUT2D eigenvalue weighted by Crippen LogP contribution is 2.22. The molecule has 0 unspecified atom stereocenters. The van der Waals surface area contributed by atoms with E-state index in [1.54, 1.807) is 10.6 Å². The molecule has 5 heteroatoms. The van der Waals surface area contributed by atoms with Crippen LogP contribution in [0.3, 0.4) is 0 Å². The van der Waals surface area contributed by atoms with Crippen LogP contribution in [0.5, 0.6) is 0 Å². The summed E-state index contributed by atoms with van der Waals surface area (Å²) < 4.78 is 1.76. The summed E-state index contributed by atoms with van der Waals surface area (Å²) in [5.41, 5.74) is 3.09. The zero-order valence-corrected chi connectivity index (χ0v) is 15.6. The van der Waals surface area contributed by atoms with E-state index >= 15 is 0 Å². The Hall–Kier alpha value is -2.66. The summed E-state index contributed by atoms with van der Waals surface area (Å²) in [4.78, 5) is 29.0. The summed E-state index contributed by atoms with van der Waals surface area (Å²) in [6.45, 7) is 2.72. The number of rotatable bonds is 4. The van der Waals surface area contributed by atoms with Crippen LogP contribution >= 0.6 is 0 Å². The van der Waals surface area contributed by atoms with Gasteiger partial charge in [-0.25, -0.2) is 0 Å². The first-order valence-electron chi connectivity index (χ1n) is 9.58. The van der Waals surface area contributed by atoms with Gasteiger partial charge in [-0.2, -0.15) is 0 Å². The number of aromatic nitrogens is 2. The van der Waals surface area contributed by atoms with Crippen LogP contribution in [-0.4, -0.2) is 27.5 Å². The van der Waals surface area contributed by atoms with Crippen molar-refractivity contribution in [2.45, 2.75) is 25.8 Å². The smallest absolute Gasteiger partial charge is 0.255 e. The van der Waals surface area contributed by atoms with E-state index in [0.717, 1.165) is 48.8 Å². The van der Waals surface area contributed by atoms with Gasteiger partial charge in [0.25, 0.3) is 5.56 Å². The summed E-state index contributed by atoms with van der Waals surface area (Å²) in [7, 11) is 1.85. The molecular weight excluding hydrogens is 338 g/mol. The maximum absolute atomic E-state index is 12.7. The predicted octanol–water partition coefficient (Wildman–Crippen LogP) is 2.68. The lowest BCUT2D eigenvalue weighted by molar-refractivity contribution is 0.176. The van der Waals surface area contributed by atoms with Gasteiger partial charge in [0.1, 0.15) is 0 Å². The van der Waals surface area contributed by atoms with Gasteiger partial charge < -0.3 is 9.55 Å². The van der Waals surface area contributed by atoms with Gasteiger partial charge in [0.05, 0.1) is 5.52 Å². The lowest BCUT2D eigenvalue weighted by Gasteiger charge is -2.32. The van der Waals surface area contributed by atoms with Gasteiger partial charge in [-0.1, -0.05) is 24.3 Å². The molecule has 3 heterocycles. The molecule has 1 fully saturated rings. The van der Waals surface area contributed by atoms with E-state index < -0.39 is 0 Å². The number of hydrogen-bond acceptors (Lipinski definition) is 3. The second-order valence-electron chi connectivity index (χ2n) is 7.58. The summed E-state index contributed by atoms with van der Waals surface area (Å²) >= 11 is 0. The zero-order chi connectivity index (χ0) is 18.8. The lowest BCUT2D eigenvalue weighted by atomic mass is 9.90. The fourth-order valence-electron chi connectivity index (χ4n) is 4.10. The number of para-hydroxylation sites is 1. The number of likely N-dealkylation sites (tertiary alicyclic amines) is 1. The maximum Gasteiger partial charge on any atom is 0.255 e. The average Bonchev–Trinajstić information content (AvgIpc) is 2.69. The Labute approximate surface area is 158 Å². The minimum Gasteiger partial charge on any atom is -0.329 e. The lowest BCUT2D eigenvalue weighted by Crippen LogP contribution is -2.36. The van der Waals surface area contributed by atoms with E-state index in [4.69, 9.17) is 0 Å². The number of fused-ring (bicyclic) bond motifs is 1. The Balaban J connectivity index is 1.41. The number of hydrogen-bond donors (Lipinski definition) is 1. The molecule has 3 aromatic rings. The largest absolute Gasteiger partial charge is 0.329 e. The Kier molecular flexibility index (Phi) is 4.94. The first kappa shape index (κ1) is 17.7. The molecule has 0 saturated carbocycles. The number of aryl methyl sites for hydroxylation is 1. The van der Waals surface area contributed by atoms with Gasteiger partial charge in [-0.05, 0) is 61.4 Å². The molecule has 0 amide bonds.